The van der Waals surface area contributed by atoms with Crippen LogP contribution in [-0.2, 0) is 0 Å². The Bertz CT molecular complexity index is 1080. The van der Waals surface area contributed by atoms with Crippen molar-refractivity contribution in [1.29, 1.82) is 0 Å². The van der Waals surface area contributed by atoms with Crippen LogP contribution in [0.4, 0.5) is 4.39 Å². The largest absolute Gasteiger partial charge is 0.491 e. The van der Waals surface area contributed by atoms with E-state index >= 15 is 0 Å². The second kappa shape index (κ2) is 7.72. The van der Waals surface area contributed by atoms with Crippen LogP contribution >= 0.6 is 0 Å². The number of halogens is 1. The number of aromatic nitrogens is 5. The van der Waals surface area contributed by atoms with E-state index in [2.05, 4.69) is 27.1 Å². The molecule has 2 atom stereocenters. The van der Waals surface area contributed by atoms with Crippen LogP contribution in [0.2, 0.25) is 0 Å². The van der Waals surface area contributed by atoms with Crippen LogP contribution in [0.3, 0.4) is 0 Å². The van der Waals surface area contributed by atoms with Crippen LogP contribution in [-0.4, -0.2) is 54.5 Å². The zero-order valence-corrected chi connectivity index (χ0v) is 17.3. The first-order chi connectivity index (χ1) is 15.0. The molecule has 2 aromatic heterocycles. The lowest BCUT2D eigenvalue weighted by atomic mass is 9.64. The standard InChI is InChI=1S/C22H23FN6O2/c1-13-11-24-21(29-25-7-8-26-29)20(27-13)22(30)28-17-9-15(10-17)14(2)19(28)12-31-18-5-3-16(23)4-6-18/h3-8,11,14-15,17,19H,9-10,12H2,1-2H3/t14-,15?,17?,19-/m1/s1. The molecule has 1 saturated carbocycles. The third-order valence-electron chi connectivity index (χ3n) is 6.40. The summed E-state index contributed by atoms with van der Waals surface area (Å²) in [4.78, 5) is 25.9. The maximum Gasteiger partial charge on any atom is 0.277 e. The molecule has 2 aliphatic heterocycles. The van der Waals surface area contributed by atoms with E-state index in [1.807, 2.05) is 4.90 Å². The lowest BCUT2D eigenvalue weighted by Crippen LogP contribution is -2.64. The van der Waals surface area contributed by atoms with Crippen LogP contribution in [0.1, 0.15) is 35.9 Å². The van der Waals surface area contributed by atoms with E-state index in [-0.39, 0.29) is 35.4 Å². The maximum atomic E-state index is 13.8. The molecule has 2 saturated heterocycles. The summed E-state index contributed by atoms with van der Waals surface area (Å²) in [6, 6.07) is 5.97. The number of fused-ring (bicyclic) bond motifs is 2. The second-order valence-corrected chi connectivity index (χ2v) is 8.29. The van der Waals surface area contributed by atoms with Crippen molar-refractivity contribution in [2.75, 3.05) is 6.61 Å². The molecule has 3 fully saturated rings. The lowest BCUT2D eigenvalue weighted by Gasteiger charge is -2.57. The van der Waals surface area contributed by atoms with E-state index in [1.54, 1.807) is 25.3 Å². The molecule has 160 valence electrons. The van der Waals surface area contributed by atoms with Crippen molar-refractivity contribution in [2.24, 2.45) is 11.8 Å². The highest BCUT2D eigenvalue weighted by Crippen LogP contribution is 2.47. The molecule has 0 unspecified atom stereocenters. The third-order valence-corrected chi connectivity index (χ3v) is 6.40. The summed E-state index contributed by atoms with van der Waals surface area (Å²) in [5, 5.41) is 8.25. The Hall–Kier alpha value is -3.36. The molecule has 3 aliphatic rings. The average molecular weight is 422 g/mol. The lowest BCUT2D eigenvalue weighted by molar-refractivity contribution is -0.0673. The molecule has 1 aromatic carbocycles. The Morgan fingerprint density at radius 1 is 1.19 bits per heavy atom. The van der Waals surface area contributed by atoms with Crippen LogP contribution in [0.25, 0.3) is 5.82 Å². The Kier molecular flexibility index (Phi) is 4.88. The summed E-state index contributed by atoms with van der Waals surface area (Å²) in [6.45, 7) is 4.30. The van der Waals surface area contributed by atoms with Gasteiger partial charge in [-0.25, -0.2) is 14.4 Å². The van der Waals surface area contributed by atoms with Gasteiger partial charge in [0.25, 0.3) is 5.91 Å². The number of carbonyl (C=O) groups is 1. The predicted octanol–water partition coefficient (Wildman–Crippen LogP) is 2.82. The minimum atomic E-state index is -0.311. The molecule has 1 aliphatic carbocycles. The number of aryl methyl sites for hydroxylation is 1. The van der Waals surface area contributed by atoms with Crippen LogP contribution in [0.5, 0.6) is 5.75 Å². The van der Waals surface area contributed by atoms with Gasteiger partial charge in [-0.2, -0.15) is 10.2 Å². The molecular formula is C22H23FN6O2. The molecule has 6 rings (SSSR count). The van der Waals surface area contributed by atoms with E-state index in [0.717, 1.165) is 12.8 Å². The normalized spacial score (nSPS) is 24.5. The number of hydrogen-bond donors (Lipinski definition) is 0. The van der Waals surface area contributed by atoms with Crippen molar-refractivity contribution < 1.29 is 13.9 Å². The number of amides is 1. The summed E-state index contributed by atoms with van der Waals surface area (Å²) < 4.78 is 19.2. The highest BCUT2D eigenvalue weighted by molar-refractivity contribution is 5.95. The highest BCUT2D eigenvalue weighted by atomic mass is 19.1. The van der Waals surface area contributed by atoms with Gasteiger partial charge in [0.05, 0.1) is 30.3 Å². The van der Waals surface area contributed by atoms with Gasteiger partial charge < -0.3 is 9.64 Å². The van der Waals surface area contributed by atoms with Gasteiger partial charge in [-0.3, -0.25) is 4.79 Å². The number of carbonyl (C=O) groups excluding carboxylic acids is 1. The van der Waals surface area contributed by atoms with E-state index in [0.29, 0.717) is 29.8 Å². The molecule has 0 N–H and O–H groups in total. The van der Waals surface area contributed by atoms with Gasteiger partial charge in [-0.05, 0) is 55.9 Å². The fourth-order valence-corrected chi connectivity index (χ4v) is 4.59. The van der Waals surface area contributed by atoms with Crippen molar-refractivity contribution in [1.82, 2.24) is 29.9 Å². The number of piperidine rings is 2. The Labute approximate surface area is 179 Å². The minimum absolute atomic E-state index is 0.115. The van der Waals surface area contributed by atoms with Crippen LogP contribution in [0, 0.1) is 24.6 Å². The van der Waals surface area contributed by atoms with E-state index in [4.69, 9.17) is 4.74 Å². The molecule has 9 heteroatoms. The molecular weight excluding hydrogens is 399 g/mol. The Morgan fingerprint density at radius 3 is 2.61 bits per heavy atom. The number of hydrogen-bond acceptors (Lipinski definition) is 6. The van der Waals surface area contributed by atoms with Crippen molar-refractivity contribution in [2.45, 2.75) is 38.8 Å². The van der Waals surface area contributed by atoms with E-state index in [9.17, 15) is 9.18 Å². The van der Waals surface area contributed by atoms with Gasteiger partial charge in [0, 0.05) is 6.04 Å². The summed E-state index contributed by atoms with van der Waals surface area (Å²) in [7, 11) is 0. The fraction of sp³-hybridized carbons (Fsp3) is 0.409. The van der Waals surface area contributed by atoms with Gasteiger partial charge in [0.2, 0.25) is 5.82 Å². The topological polar surface area (TPSA) is 86.0 Å². The predicted molar refractivity (Wildman–Crippen MR) is 109 cm³/mol. The Balaban J connectivity index is 1.45. The molecule has 0 radical (unpaired) electrons. The maximum absolute atomic E-state index is 13.8. The first-order valence-corrected chi connectivity index (χ1v) is 10.4. The minimum Gasteiger partial charge on any atom is -0.491 e. The quantitative estimate of drug-likeness (QED) is 0.629. The van der Waals surface area contributed by atoms with Gasteiger partial charge in [0.1, 0.15) is 18.2 Å². The zero-order valence-electron chi connectivity index (χ0n) is 17.3. The average Bonchev–Trinajstić information content (AvgIpc) is 3.27. The zero-order chi connectivity index (χ0) is 21.5. The van der Waals surface area contributed by atoms with E-state index in [1.165, 1.54) is 29.3 Å². The van der Waals surface area contributed by atoms with E-state index < -0.39 is 0 Å². The summed E-state index contributed by atoms with van der Waals surface area (Å²) in [5.74, 6) is 1.25. The number of nitrogens with zero attached hydrogens (tertiary/aromatic N) is 6. The Morgan fingerprint density at radius 2 is 1.90 bits per heavy atom. The van der Waals surface area contributed by atoms with Crippen LogP contribution < -0.4 is 4.74 Å². The van der Waals surface area contributed by atoms with Gasteiger partial charge >= 0.3 is 0 Å². The van der Waals surface area contributed by atoms with Crippen molar-refractivity contribution in [3.8, 4) is 11.6 Å². The smallest absolute Gasteiger partial charge is 0.277 e. The molecule has 3 aromatic rings. The second-order valence-electron chi connectivity index (χ2n) is 8.29. The van der Waals surface area contributed by atoms with Gasteiger partial charge in [-0.15, -0.1) is 4.80 Å². The van der Waals surface area contributed by atoms with Crippen LogP contribution in [0.15, 0.2) is 42.9 Å². The molecule has 31 heavy (non-hydrogen) atoms. The van der Waals surface area contributed by atoms with Gasteiger partial charge in [-0.1, -0.05) is 6.92 Å². The summed E-state index contributed by atoms with van der Waals surface area (Å²) in [5.41, 5.74) is 0.885. The molecule has 8 nitrogen and oxygen atoms in total. The number of rotatable bonds is 5. The van der Waals surface area contributed by atoms with Crippen molar-refractivity contribution in [3.05, 3.63) is 60.1 Å². The first kappa shape index (κ1) is 19.6. The fourth-order valence-electron chi connectivity index (χ4n) is 4.59. The summed E-state index contributed by atoms with van der Waals surface area (Å²) >= 11 is 0. The van der Waals surface area contributed by atoms with Gasteiger partial charge in [0.15, 0.2) is 5.69 Å². The third kappa shape index (κ3) is 3.54. The highest BCUT2D eigenvalue weighted by Gasteiger charge is 2.51. The van der Waals surface area contributed by atoms with Crippen molar-refractivity contribution in [3.63, 3.8) is 0 Å². The molecule has 2 bridgehead atoms. The van der Waals surface area contributed by atoms with Crippen molar-refractivity contribution >= 4 is 5.91 Å². The molecule has 1 amide bonds. The monoisotopic (exact) mass is 422 g/mol. The number of ether oxygens (including phenoxy) is 1. The first-order valence-electron chi connectivity index (χ1n) is 10.4. The molecule has 0 spiro atoms. The molecule has 4 heterocycles. The SMILES string of the molecule is Cc1cnc(-n2nccn2)c(C(=O)N2C3CC(C3)[C@@H](C)[C@H]2COc2ccc(F)cc2)n1. The number of benzene rings is 1. The summed E-state index contributed by atoms with van der Waals surface area (Å²) in [6.07, 6.45) is 6.63.